The molecule has 1 aromatic carbocycles. The standard InChI is InChI=1S/C13H19BrFN/c1-9(2)7-16-8-10(3)11-4-5-13(15)12(14)6-11/h4-6,9-10,16H,7-8H2,1-3H3. The lowest BCUT2D eigenvalue weighted by Gasteiger charge is -2.14. The van der Waals surface area contributed by atoms with E-state index in [9.17, 15) is 4.39 Å². The highest BCUT2D eigenvalue weighted by Gasteiger charge is 2.08. The van der Waals surface area contributed by atoms with Gasteiger partial charge in [0.25, 0.3) is 0 Å². The van der Waals surface area contributed by atoms with Gasteiger partial charge in [-0.2, -0.15) is 0 Å². The van der Waals surface area contributed by atoms with E-state index in [1.54, 1.807) is 0 Å². The van der Waals surface area contributed by atoms with Gasteiger partial charge >= 0.3 is 0 Å². The van der Waals surface area contributed by atoms with Gasteiger partial charge in [-0.1, -0.05) is 26.8 Å². The fourth-order valence-electron chi connectivity index (χ4n) is 1.53. The SMILES string of the molecule is CC(C)CNCC(C)c1ccc(F)c(Br)c1. The summed E-state index contributed by atoms with van der Waals surface area (Å²) in [5.74, 6) is 0.855. The minimum absolute atomic E-state index is 0.203. The van der Waals surface area contributed by atoms with Gasteiger partial charge in [-0.3, -0.25) is 0 Å². The molecule has 0 aliphatic rings. The Kier molecular flexibility index (Phi) is 5.42. The number of halogens is 2. The van der Waals surface area contributed by atoms with Crippen LogP contribution in [0.15, 0.2) is 22.7 Å². The largest absolute Gasteiger partial charge is 0.316 e. The molecule has 0 spiro atoms. The summed E-state index contributed by atoms with van der Waals surface area (Å²) in [6, 6.07) is 5.22. The molecule has 0 aliphatic heterocycles. The van der Waals surface area contributed by atoms with Crippen molar-refractivity contribution in [2.75, 3.05) is 13.1 Å². The predicted molar refractivity (Wildman–Crippen MR) is 70.2 cm³/mol. The molecular weight excluding hydrogens is 269 g/mol. The van der Waals surface area contributed by atoms with Crippen LogP contribution in [0.5, 0.6) is 0 Å². The van der Waals surface area contributed by atoms with Crippen LogP contribution < -0.4 is 5.32 Å². The predicted octanol–water partition coefficient (Wildman–Crippen LogP) is 3.94. The summed E-state index contributed by atoms with van der Waals surface area (Å²) in [5.41, 5.74) is 1.16. The van der Waals surface area contributed by atoms with Gasteiger partial charge in [-0.25, -0.2) is 4.39 Å². The second-order valence-corrected chi connectivity index (χ2v) is 5.48. The molecule has 16 heavy (non-hydrogen) atoms. The first-order chi connectivity index (χ1) is 7.50. The molecule has 0 aliphatic carbocycles. The van der Waals surface area contributed by atoms with Crippen LogP contribution in [0.1, 0.15) is 32.3 Å². The Balaban J connectivity index is 2.52. The van der Waals surface area contributed by atoms with E-state index in [2.05, 4.69) is 42.0 Å². The van der Waals surface area contributed by atoms with Crippen molar-refractivity contribution in [2.24, 2.45) is 5.92 Å². The van der Waals surface area contributed by atoms with E-state index in [1.165, 1.54) is 6.07 Å². The molecule has 1 aromatic rings. The van der Waals surface area contributed by atoms with Crippen molar-refractivity contribution < 1.29 is 4.39 Å². The van der Waals surface area contributed by atoms with Crippen LogP contribution >= 0.6 is 15.9 Å². The Bertz CT molecular complexity index is 339. The van der Waals surface area contributed by atoms with Gasteiger partial charge in [0.2, 0.25) is 0 Å². The smallest absolute Gasteiger partial charge is 0.137 e. The number of rotatable bonds is 5. The van der Waals surface area contributed by atoms with E-state index in [0.717, 1.165) is 18.7 Å². The van der Waals surface area contributed by atoms with Crippen LogP contribution in [-0.4, -0.2) is 13.1 Å². The number of nitrogens with one attached hydrogen (secondary N) is 1. The molecule has 1 unspecified atom stereocenters. The van der Waals surface area contributed by atoms with Gasteiger partial charge in [-0.15, -0.1) is 0 Å². The molecule has 0 aromatic heterocycles. The fourth-order valence-corrected chi connectivity index (χ4v) is 1.92. The maximum absolute atomic E-state index is 13.1. The lowest BCUT2D eigenvalue weighted by Crippen LogP contribution is -2.24. The second-order valence-electron chi connectivity index (χ2n) is 4.63. The summed E-state index contributed by atoms with van der Waals surface area (Å²) < 4.78 is 13.6. The molecule has 3 heteroatoms. The Morgan fingerprint density at radius 3 is 2.50 bits per heavy atom. The zero-order valence-electron chi connectivity index (χ0n) is 10.1. The molecule has 0 amide bonds. The summed E-state index contributed by atoms with van der Waals surface area (Å²) in [4.78, 5) is 0. The molecule has 0 saturated heterocycles. The molecular formula is C13H19BrFN. The van der Waals surface area contributed by atoms with Crippen LogP contribution in [-0.2, 0) is 0 Å². The van der Waals surface area contributed by atoms with Gasteiger partial charge in [0.05, 0.1) is 4.47 Å². The van der Waals surface area contributed by atoms with Gasteiger partial charge < -0.3 is 5.32 Å². The Morgan fingerprint density at radius 2 is 1.94 bits per heavy atom. The molecule has 1 rings (SSSR count). The third-order valence-corrected chi connectivity index (χ3v) is 3.12. The third kappa shape index (κ3) is 4.22. The zero-order valence-corrected chi connectivity index (χ0v) is 11.6. The van der Waals surface area contributed by atoms with Gasteiger partial charge in [-0.05, 0) is 52.0 Å². The Hall–Kier alpha value is -0.410. The van der Waals surface area contributed by atoms with E-state index in [4.69, 9.17) is 0 Å². The van der Waals surface area contributed by atoms with Crippen LogP contribution in [0.25, 0.3) is 0 Å². The van der Waals surface area contributed by atoms with Crippen molar-refractivity contribution in [3.05, 3.63) is 34.1 Å². The lowest BCUT2D eigenvalue weighted by molar-refractivity contribution is 0.528. The maximum Gasteiger partial charge on any atom is 0.137 e. The molecule has 90 valence electrons. The molecule has 0 radical (unpaired) electrons. The first-order valence-corrected chi connectivity index (χ1v) is 6.45. The molecule has 1 nitrogen and oxygen atoms in total. The van der Waals surface area contributed by atoms with Gasteiger partial charge in [0.1, 0.15) is 5.82 Å². The fraction of sp³-hybridized carbons (Fsp3) is 0.538. The van der Waals surface area contributed by atoms with Gasteiger partial charge in [0.15, 0.2) is 0 Å². The first-order valence-electron chi connectivity index (χ1n) is 5.66. The normalized spacial score (nSPS) is 13.1. The van der Waals surface area contributed by atoms with Gasteiger partial charge in [0, 0.05) is 6.54 Å². The number of hydrogen-bond donors (Lipinski definition) is 1. The van der Waals surface area contributed by atoms with Crippen molar-refractivity contribution in [3.8, 4) is 0 Å². The van der Waals surface area contributed by atoms with E-state index < -0.39 is 0 Å². The Morgan fingerprint density at radius 1 is 1.25 bits per heavy atom. The van der Waals surface area contributed by atoms with Crippen molar-refractivity contribution in [1.82, 2.24) is 5.32 Å². The van der Waals surface area contributed by atoms with Crippen molar-refractivity contribution >= 4 is 15.9 Å². The summed E-state index contributed by atoms with van der Waals surface area (Å²) in [6.07, 6.45) is 0. The van der Waals surface area contributed by atoms with E-state index in [1.807, 2.05) is 12.1 Å². The monoisotopic (exact) mass is 287 g/mol. The average molecular weight is 288 g/mol. The molecule has 0 saturated carbocycles. The average Bonchev–Trinajstić information content (AvgIpc) is 2.21. The molecule has 0 bridgehead atoms. The van der Waals surface area contributed by atoms with E-state index in [-0.39, 0.29) is 5.82 Å². The number of hydrogen-bond acceptors (Lipinski definition) is 1. The van der Waals surface area contributed by atoms with E-state index in [0.29, 0.717) is 16.3 Å². The van der Waals surface area contributed by atoms with Crippen molar-refractivity contribution in [1.29, 1.82) is 0 Å². The first kappa shape index (κ1) is 13.7. The van der Waals surface area contributed by atoms with Crippen LogP contribution in [0.2, 0.25) is 0 Å². The highest BCUT2D eigenvalue weighted by atomic mass is 79.9. The molecule has 1 N–H and O–H groups in total. The van der Waals surface area contributed by atoms with Crippen LogP contribution in [0.3, 0.4) is 0 Å². The van der Waals surface area contributed by atoms with Crippen molar-refractivity contribution in [3.63, 3.8) is 0 Å². The quantitative estimate of drug-likeness (QED) is 0.865. The summed E-state index contributed by atoms with van der Waals surface area (Å²) in [5, 5.41) is 3.41. The highest BCUT2D eigenvalue weighted by molar-refractivity contribution is 9.10. The minimum atomic E-state index is -0.203. The topological polar surface area (TPSA) is 12.0 Å². The highest BCUT2D eigenvalue weighted by Crippen LogP contribution is 2.22. The van der Waals surface area contributed by atoms with E-state index >= 15 is 0 Å². The second kappa shape index (κ2) is 6.36. The minimum Gasteiger partial charge on any atom is -0.316 e. The summed E-state index contributed by atoms with van der Waals surface area (Å²) in [7, 11) is 0. The maximum atomic E-state index is 13.1. The lowest BCUT2D eigenvalue weighted by atomic mass is 10.0. The Labute approximate surface area is 106 Å². The molecule has 1 atom stereocenters. The van der Waals surface area contributed by atoms with Crippen molar-refractivity contribution in [2.45, 2.75) is 26.7 Å². The summed E-state index contributed by atoms with van der Waals surface area (Å²) >= 11 is 3.21. The summed E-state index contributed by atoms with van der Waals surface area (Å²) in [6.45, 7) is 8.47. The van der Waals surface area contributed by atoms with Crippen LogP contribution in [0.4, 0.5) is 4.39 Å². The van der Waals surface area contributed by atoms with Crippen LogP contribution in [0, 0.1) is 11.7 Å². The molecule has 0 fully saturated rings. The molecule has 0 heterocycles. The number of benzene rings is 1. The zero-order chi connectivity index (χ0) is 12.1. The third-order valence-electron chi connectivity index (χ3n) is 2.52.